The van der Waals surface area contributed by atoms with Gasteiger partial charge in [-0.1, -0.05) is 11.6 Å². The van der Waals surface area contributed by atoms with Gasteiger partial charge in [0.1, 0.15) is 5.76 Å². The van der Waals surface area contributed by atoms with E-state index in [4.69, 9.17) is 4.42 Å². The molecule has 2 N–H and O–H groups in total. The van der Waals surface area contributed by atoms with Gasteiger partial charge in [0, 0.05) is 24.3 Å². The summed E-state index contributed by atoms with van der Waals surface area (Å²) in [5.41, 5.74) is 3.80. The number of aryl methyl sites for hydroxylation is 3. The van der Waals surface area contributed by atoms with Crippen LogP contribution in [0, 0.1) is 20.8 Å². The van der Waals surface area contributed by atoms with Gasteiger partial charge in [-0.3, -0.25) is 4.79 Å². The van der Waals surface area contributed by atoms with Crippen molar-refractivity contribution in [3.05, 3.63) is 59.2 Å². The van der Waals surface area contributed by atoms with Crippen LogP contribution in [0.5, 0.6) is 0 Å². The van der Waals surface area contributed by atoms with E-state index < -0.39 is 0 Å². The number of nitrogens with zero attached hydrogens (tertiary/aromatic N) is 5. The number of hydrogen-bond acceptors (Lipinski definition) is 7. The van der Waals surface area contributed by atoms with Gasteiger partial charge in [0.15, 0.2) is 0 Å². The summed E-state index contributed by atoms with van der Waals surface area (Å²) in [6.07, 6.45) is 5.63. The molecule has 0 fully saturated rings. The van der Waals surface area contributed by atoms with E-state index in [1.165, 1.54) is 4.80 Å². The summed E-state index contributed by atoms with van der Waals surface area (Å²) in [6, 6.07) is 5.56. The molecule has 9 nitrogen and oxygen atoms in total. The Balaban J connectivity index is 1.37. The van der Waals surface area contributed by atoms with E-state index in [0.717, 1.165) is 22.3 Å². The molecule has 0 saturated heterocycles. The summed E-state index contributed by atoms with van der Waals surface area (Å²) in [6.45, 7) is 8.42. The standard InChI is InChI=1S/C22H25N7O2/c1-13-5-6-19(29-25-9-10-26-29)17(11-13)20(30)27-14(2)7-8-23-22-24-12-18-15(3)16(4)31-21(18)28-22/h5-6,9-12,14H,7-8H2,1-4H3,(H,27,30)(H,23,24,28)/t14-/m1/s1. The van der Waals surface area contributed by atoms with Crippen LogP contribution in [0.1, 0.15) is 40.6 Å². The summed E-state index contributed by atoms with van der Waals surface area (Å²) in [7, 11) is 0. The third kappa shape index (κ3) is 4.40. The Hall–Kier alpha value is -3.75. The third-order valence-corrected chi connectivity index (χ3v) is 5.20. The lowest BCUT2D eigenvalue weighted by Gasteiger charge is -2.16. The number of anilines is 1. The zero-order valence-electron chi connectivity index (χ0n) is 18.0. The van der Waals surface area contributed by atoms with Crippen LogP contribution in [0.15, 0.2) is 41.2 Å². The molecule has 4 aromatic rings. The average molecular weight is 419 g/mol. The maximum Gasteiger partial charge on any atom is 0.253 e. The molecule has 0 saturated carbocycles. The van der Waals surface area contributed by atoms with Gasteiger partial charge in [0.2, 0.25) is 11.7 Å². The quantitative estimate of drug-likeness (QED) is 0.472. The molecule has 1 atom stereocenters. The van der Waals surface area contributed by atoms with E-state index in [0.29, 0.717) is 35.9 Å². The predicted octanol–water partition coefficient (Wildman–Crippen LogP) is 3.35. The van der Waals surface area contributed by atoms with Crippen molar-refractivity contribution < 1.29 is 9.21 Å². The van der Waals surface area contributed by atoms with E-state index in [-0.39, 0.29) is 11.9 Å². The van der Waals surface area contributed by atoms with E-state index in [1.54, 1.807) is 18.6 Å². The average Bonchev–Trinajstić information content (AvgIpc) is 3.36. The van der Waals surface area contributed by atoms with Gasteiger partial charge in [-0.05, 0) is 46.2 Å². The predicted molar refractivity (Wildman–Crippen MR) is 117 cm³/mol. The summed E-state index contributed by atoms with van der Waals surface area (Å²) >= 11 is 0. The Kier molecular flexibility index (Phi) is 5.66. The van der Waals surface area contributed by atoms with Gasteiger partial charge < -0.3 is 15.1 Å². The molecule has 0 aliphatic carbocycles. The van der Waals surface area contributed by atoms with Gasteiger partial charge in [-0.2, -0.15) is 20.0 Å². The molecule has 160 valence electrons. The van der Waals surface area contributed by atoms with Crippen molar-refractivity contribution in [3.8, 4) is 5.69 Å². The van der Waals surface area contributed by atoms with Crippen molar-refractivity contribution in [2.75, 3.05) is 11.9 Å². The second kappa shape index (κ2) is 8.55. The summed E-state index contributed by atoms with van der Waals surface area (Å²) < 4.78 is 5.66. The fraction of sp³-hybridized carbons (Fsp3) is 0.318. The highest BCUT2D eigenvalue weighted by Crippen LogP contribution is 2.23. The van der Waals surface area contributed by atoms with Gasteiger partial charge in [0.25, 0.3) is 5.91 Å². The van der Waals surface area contributed by atoms with Gasteiger partial charge in [0.05, 0.1) is 29.0 Å². The fourth-order valence-corrected chi connectivity index (χ4v) is 3.32. The molecule has 9 heteroatoms. The SMILES string of the molecule is Cc1ccc(-n2nccn2)c(C(=O)N[C@H](C)CCNc2ncc3c(C)c(C)oc3n2)c1. The number of furan rings is 1. The topological polar surface area (TPSA) is 111 Å². The Labute approximate surface area is 179 Å². The highest BCUT2D eigenvalue weighted by atomic mass is 16.3. The van der Waals surface area contributed by atoms with E-state index >= 15 is 0 Å². The van der Waals surface area contributed by atoms with Crippen LogP contribution in [-0.2, 0) is 0 Å². The van der Waals surface area contributed by atoms with E-state index in [1.807, 2.05) is 45.9 Å². The smallest absolute Gasteiger partial charge is 0.253 e. The zero-order chi connectivity index (χ0) is 22.0. The first-order chi connectivity index (χ1) is 14.9. The Bertz CT molecular complexity index is 1210. The Morgan fingerprint density at radius 3 is 2.74 bits per heavy atom. The Morgan fingerprint density at radius 2 is 1.97 bits per heavy atom. The molecular formula is C22H25N7O2. The first-order valence-electron chi connectivity index (χ1n) is 10.2. The summed E-state index contributed by atoms with van der Waals surface area (Å²) in [5, 5.41) is 15.4. The molecule has 4 rings (SSSR count). The second-order valence-corrected chi connectivity index (χ2v) is 7.62. The summed E-state index contributed by atoms with van der Waals surface area (Å²) in [4.78, 5) is 23.1. The van der Waals surface area contributed by atoms with Crippen molar-refractivity contribution in [2.45, 2.75) is 40.2 Å². The third-order valence-electron chi connectivity index (χ3n) is 5.20. The molecule has 0 bridgehead atoms. The molecule has 0 radical (unpaired) electrons. The first-order valence-corrected chi connectivity index (χ1v) is 10.2. The van der Waals surface area contributed by atoms with Crippen LogP contribution in [0.25, 0.3) is 16.8 Å². The number of amides is 1. The van der Waals surface area contributed by atoms with Crippen LogP contribution in [0.4, 0.5) is 5.95 Å². The molecule has 3 heterocycles. The zero-order valence-corrected chi connectivity index (χ0v) is 18.0. The number of carbonyl (C=O) groups excluding carboxylic acids is 1. The minimum absolute atomic E-state index is 0.0595. The first kappa shape index (κ1) is 20.5. The molecule has 0 aliphatic heterocycles. The molecule has 31 heavy (non-hydrogen) atoms. The number of fused-ring (bicyclic) bond motifs is 1. The van der Waals surface area contributed by atoms with Crippen molar-refractivity contribution in [1.82, 2.24) is 30.3 Å². The lowest BCUT2D eigenvalue weighted by molar-refractivity contribution is 0.0938. The maximum absolute atomic E-state index is 12.9. The molecule has 0 unspecified atom stereocenters. The highest BCUT2D eigenvalue weighted by Gasteiger charge is 2.16. The lowest BCUT2D eigenvalue weighted by atomic mass is 10.1. The molecule has 0 spiro atoms. The van der Waals surface area contributed by atoms with Gasteiger partial charge in [-0.15, -0.1) is 0 Å². The molecule has 0 aliphatic rings. The Morgan fingerprint density at radius 1 is 1.19 bits per heavy atom. The van der Waals surface area contributed by atoms with Crippen LogP contribution < -0.4 is 10.6 Å². The molecule has 1 aromatic carbocycles. The van der Waals surface area contributed by atoms with Crippen molar-refractivity contribution in [3.63, 3.8) is 0 Å². The second-order valence-electron chi connectivity index (χ2n) is 7.62. The number of carbonyl (C=O) groups is 1. The van der Waals surface area contributed by atoms with Crippen LogP contribution in [0.3, 0.4) is 0 Å². The fourth-order valence-electron chi connectivity index (χ4n) is 3.32. The van der Waals surface area contributed by atoms with Gasteiger partial charge in [-0.25, -0.2) is 4.98 Å². The molecule has 3 aromatic heterocycles. The number of aromatic nitrogens is 5. The highest BCUT2D eigenvalue weighted by molar-refractivity contribution is 5.98. The van der Waals surface area contributed by atoms with Crippen LogP contribution >= 0.6 is 0 Å². The number of hydrogen-bond donors (Lipinski definition) is 2. The maximum atomic E-state index is 12.9. The van der Waals surface area contributed by atoms with Crippen molar-refractivity contribution in [2.24, 2.45) is 0 Å². The summed E-state index contributed by atoms with van der Waals surface area (Å²) in [5.74, 6) is 1.19. The largest absolute Gasteiger partial charge is 0.443 e. The van der Waals surface area contributed by atoms with Crippen LogP contribution in [-0.4, -0.2) is 43.5 Å². The lowest BCUT2D eigenvalue weighted by Crippen LogP contribution is -2.34. The number of nitrogens with one attached hydrogen (secondary N) is 2. The van der Waals surface area contributed by atoms with Crippen LogP contribution in [0.2, 0.25) is 0 Å². The molecular weight excluding hydrogens is 394 g/mol. The monoisotopic (exact) mass is 419 g/mol. The number of rotatable bonds is 7. The normalized spacial score (nSPS) is 12.1. The van der Waals surface area contributed by atoms with Crippen molar-refractivity contribution in [1.29, 1.82) is 0 Å². The minimum atomic E-state index is -0.164. The van der Waals surface area contributed by atoms with Crippen molar-refractivity contribution >= 4 is 23.0 Å². The van der Waals surface area contributed by atoms with E-state index in [9.17, 15) is 4.79 Å². The van der Waals surface area contributed by atoms with Gasteiger partial charge >= 0.3 is 0 Å². The molecule has 1 amide bonds. The minimum Gasteiger partial charge on any atom is -0.443 e. The van der Waals surface area contributed by atoms with E-state index in [2.05, 4.69) is 30.8 Å². The number of benzene rings is 1.